The minimum atomic E-state index is -4.36. The molecule has 0 aliphatic rings. The van der Waals surface area contributed by atoms with Gasteiger partial charge in [0, 0.05) is 20.2 Å². The lowest BCUT2D eigenvalue weighted by atomic mass is 10.3. The number of aliphatic hydroxyl groups is 1. The summed E-state index contributed by atoms with van der Waals surface area (Å²) in [5.74, 6) is -0.0940. The smallest absolute Gasteiger partial charge is 0.401 e. The summed E-state index contributed by atoms with van der Waals surface area (Å²) < 4.78 is 60.0. The zero-order chi connectivity index (χ0) is 16.6. The highest BCUT2D eigenvalue weighted by molar-refractivity contribution is 5.22. The number of methoxy groups -OCH3 is 1. The molecular formula is C14H19F4NO3. The molecule has 0 radical (unpaired) electrons. The maximum atomic E-state index is 12.7. The number of hydrogen-bond donors (Lipinski definition) is 1. The van der Waals surface area contributed by atoms with Crippen LogP contribution >= 0.6 is 0 Å². The van der Waals surface area contributed by atoms with E-state index in [1.54, 1.807) is 0 Å². The van der Waals surface area contributed by atoms with E-state index in [0.29, 0.717) is 5.75 Å². The van der Waals surface area contributed by atoms with E-state index in [1.165, 1.54) is 31.4 Å². The molecule has 1 atom stereocenters. The van der Waals surface area contributed by atoms with Crippen LogP contribution in [0.5, 0.6) is 5.75 Å². The number of alkyl halides is 3. The molecular weight excluding hydrogens is 306 g/mol. The minimum Gasteiger partial charge on any atom is -0.491 e. The highest BCUT2D eigenvalue weighted by atomic mass is 19.4. The summed E-state index contributed by atoms with van der Waals surface area (Å²) in [5.41, 5.74) is 0. The van der Waals surface area contributed by atoms with Crippen molar-refractivity contribution >= 4 is 0 Å². The van der Waals surface area contributed by atoms with Crippen LogP contribution in [0, 0.1) is 5.82 Å². The summed E-state index contributed by atoms with van der Waals surface area (Å²) >= 11 is 0. The molecule has 1 rings (SSSR count). The monoisotopic (exact) mass is 325 g/mol. The Labute approximate surface area is 126 Å². The maximum absolute atomic E-state index is 12.7. The summed E-state index contributed by atoms with van der Waals surface area (Å²) in [6.07, 6.45) is -5.46. The Bertz CT molecular complexity index is 425. The summed E-state index contributed by atoms with van der Waals surface area (Å²) in [6, 6.07) is 5.13. The number of benzene rings is 1. The lowest BCUT2D eigenvalue weighted by Gasteiger charge is -2.25. The van der Waals surface area contributed by atoms with E-state index in [-0.39, 0.29) is 26.3 Å². The van der Waals surface area contributed by atoms with Crippen molar-refractivity contribution in [2.75, 3.05) is 40.0 Å². The lowest BCUT2D eigenvalue weighted by molar-refractivity contribution is -0.150. The van der Waals surface area contributed by atoms with Crippen molar-refractivity contribution in [1.29, 1.82) is 0 Å². The number of aliphatic hydroxyl groups excluding tert-OH is 1. The SMILES string of the molecule is COCCN(CC(O)COc1ccc(F)cc1)CC(F)(F)F. The van der Waals surface area contributed by atoms with E-state index in [9.17, 15) is 22.7 Å². The van der Waals surface area contributed by atoms with Crippen LogP contribution in [0.3, 0.4) is 0 Å². The fraction of sp³-hybridized carbons (Fsp3) is 0.571. The van der Waals surface area contributed by atoms with E-state index >= 15 is 0 Å². The molecule has 1 aromatic rings. The van der Waals surface area contributed by atoms with Gasteiger partial charge in [-0.25, -0.2) is 4.39 Å². The standard InChI is InChI=1S/C14H19F4NO3/c1-21-7-6-19(10-14(16,17)18)8-12(20)9-22-13-4-2-11(15)3-5-13/h2-5,12,20H,6-10H2,1H3. The second-order valence-corrected chi connectivity index (χ2v) is 4.76. The molecule has 0 aromatic heterocycles. The van der Waals surface area contributed by atoms with Crippen LogP contribution in [0.1, 0.15) is 0 Å². The van der Waals surface area contributed by atoms with E-state index in [2.05, 4.69) is 0 Å². The third-order valence-corrected chi connectivity index (χ3v) is 2.74. The number of hydrogen-bond acceptors (Lipinski definition) is 4. The van der Waals surface area contributed by atoms with Crippen molar-refractivity contribution < 1.29 is 32.1 Å². The summed E-state index contributed by atoms with van der Waals surface area (Å²) in [4.78, 5) is 1.04. The van der Waals surface area contributed by atoms with Gasteiger partial charge in [0.2, 0.25) is 0 Å². The first kappa shape index (κ1) is 18.7. The zero-order valence-corrected chi connectivity index (χ0v) is 12.1. The van der Waals surface area contributed by atoms with Gasteiger partial charge in [0.15, 0.2) is 0 Å². The molecule has 8 heteroatoms. The minimum absolute atomic E-state index is 0.0453. The molecule has 0 fully saturated rings. The summed E-state index contributed by atoms with van der Waals surface area (Å²) in [7, 11) is 1.39. The van der Waals surface area contributed by atoms with Gasteiger partial charge in [-0.3, -0.25) is 4.90 Å². The van der Waals surface area contributed by atoms with Gasteiger partial charge >= 0.3 is 6.18 Å². The molecule has 22 heavy (non-hydrogen) atoms. The lowest BCUT2D eigenvalue weighted by Crippen LogP contribution is -2.42. The first-order chi connectivity index (χ1) is 10.3. The second-order valence-electron chi connectivity index (χ2n) is 4.76. The highest BCUT2D eigenvalue weighted by Crippen LogP contribution is 2.17. The molecule has 0 amide bonds. The second kappa shape index (κ2) is 8.92. The molecule has 126 valence electrons. The van der Waals surface area contributed by atoms with Gasteiger partial charge in [0.25, 0.3) is 0 Å². The van der Waals surface area contributed by atoms with Crippen molar-refractivity contribution in [1.82, 2.24) is 4.90 Å². The van der Waals surface area contributed by atoms with Gasteiger partial charge in [-0.05, 0) is 24.3 Å². The van der Waals surface area contributed by atoms with Crippen LogP contribution in [0.15, 0.2) is 24.3 Å². The van der Waals surface area contributed by atoms with Crippen molar-refractivity contribution in [3.8, 4) is 5.75 Å². The van der Waals surface area contributed by atoms with Crippen LogP contribution < -0.4 is 4.74 Å². The first-order valence-corrected chi connectivity index (χ1v) is 6.64. The van der Waals surface area contributed by atoms with E-state index in [1.807, 2.05) is 0 Å². The average Bonchev–Trinajstić information content (AvgIpc) is 2.42. The van der Waals surface area contributed by atoms with Gasteiger partial charge in [-0.15, -0.1) is 0 Å². The Balaban J connectivity index is 2.44. The third-order valence-electron chi connectivity index (χ3n) is 2.74. The van der Waals surface area contributed by atoms with Crippen LogP contribution in [-0.2, 0) is 4.74 Å². The van der Waals surface area contributed by atoms with Gasteiger partial charge in [-0.2, -0.15) is 13.2 Å². The molecule has 0 heterocycles. The maximum Gasteiger partial charge on any atom is 0.401 e. The Kier molecular flexibility index (Phi) is 7.57. The Morgan fingerprint density at radius 3 is 2.41 bits per heavy atom. The molecule has 0 saturated heterocycles. The molecule has 0 aliphatic heterocycles. The fourth-order valence-corrected chi connectivity index (χ4v) is 1.78. The largest absolute Gasteiger partial charge is 0.491 e. The van der Waals surface area contributed by atoms with Gasteiger partial charge < -0.3 is 14.6 Å². The summed E-state index contributed by atoms with van der Waals surface area (Å²) in [5, 5.41) is 9.78. The third kappa shape index (κ3) is 8.16. The van der Waals surface area contributed by atoms with Gasteiger partial charge in [0.1, 0.15) is 24.3 Å². The van der Waals surface area contributed by atoms with E-state index in [0.717, 1.165) is 4.90 Å². The predicted molar refractivity (Wildman–Crippen MR) is 72.3 cm³/mol. The van der Waals surface area contributed by atoms with Crippen LogP contribution in [0.4, 0.5) is 17.6 Å². The van der Waals surface area contributed by atoms with E-state index < -0.39 is 24.6 Å². The average molecular weight is 325 g/mol. The van der Waals surface area contributed by atoms with Crippen LogP contribution in [-0.4, -0.2) is 62.2 Å². The molecule has 1 N–H and O–H groups in total. The van der Waals surface area contributed by atoms with E-state index in [4.69, 9.17) is 9.47 Å². The number of halogens is 4. The molecule has 0 spiro atoms. The van der Waals surface area contributed by atoms with Crippen molar-refractivity contribution in [3.05, 3.63) is 30.1 Å². The van der Waals surface area contributed by atoms with Gasteiger partial charge in [0.05, 0.1) is 13.2 Å². The van der Waals surface area contributed by atoms with Crippen LogP contribution in [0.25, 0.3) is 0 Å². The summed E-state index contributed by atoms with van der Waals surface area (Å²) in [6.45, 7) is -1.35. The Morgan fingerprint density at radius 1 is 1.23 bits per heavy atom. The zero-order valence-electron chi connectivity index (χ0n) is 12.1. The number of rotatable bonds is 9. The van der Waals surface area contributed by atoms with Gasteiger partial charge in [-0.1, -0.05) is 0 Å². The van der Waals surface area contributed by atoms with Crippen molar-refractivity contribution in [2.24, 2.45) is 0 Å². The first-order valence-electron chi connectivity index (χ1n) is 6.64. The molecule has 1 aromatic carbocycles. The topological polar surface area (TPSA) is 41.9 Å². The van der Waals surface area contributed by atoms with Crippen molar-refractivity contribution in [3.63, 3.8) is 0 Å². The molecule has 1 unspecified atom stereocenters. The molecule has 0 aliphatic carbocycles. The van der Waals surface area contributed by atoms with Crippen LogP contribution in [0.2, 0.25) is 0 Å². The molecule has 0 bridgehead atoms. The Morgan fingerprint density at radius 2 is 1.86 bits per heavy atom. The molecule has 4 nitrogen and oxygen atoms in total. The fourth-order valence-electron chi connectivity index (χ4n) is 1.78. The number of ether oxygens (including phenoxy) is 2. The van der Waals surface area contributed by atoms with Crippen molar-refractivity contribution in [2.45, 2.75) is 12.3 Å². The Hall–Kier alpha value is -1.38. The number of nitrogens with zero attached hydrogens (tertiary/aromatic N) is 1. The molecule has 0 saturated carbocycles. The highest BCUT2D eigenvalue weighted by Gasteiger charge is 2.31. The quantitative estimate of drug-likeness (QED) is 0.706. The normalized spacial score (nSPS) is 13.4. The predicted octanol–water partition coefficient (Wildman–Crippen LogP) is 2.08.